The molecule has 4 aliphatic rings. The van der Waals surface area contributed by atoms with Crippen LogP contribution in [0.2, 0.25) is 0 Å². The summed E-state index contributed by atoms with van der Waals surface area (Å²) in [5.74, 6) is 2.21. The molecule has 0 saturated carbocycles. The smallest absolute Gasteiger partial charge is 0.233 e. The molecular formula is C51H100N12. The fourth-order valence-electron chi connectivity index (χ4n) is 13.9. The highest BCUT2D eigenvalue weighted by molar-refractivity contribution is 5.48. The first-order chi connectivity index (χ1) is 28.1. The molecule has 364 valence electrons. The Morgan fingerprint density at radius 2 is 0.698 bits per heavy atom. The van der Waals surface area contributed by atoms with Crippen LogP contribution in [0, 0.1) is 5.41 Å². The van der Waals surface area contributed by atoms with E-state index in [2.05, 4.69) is 206 Å². The maximum absolute atomic E-state index is 5.76. The van der Waals surface area contributed by atoms with E-state index in [9.17, 15) is 0 Å². The summed E-state index contributed by atoms with van der Waals surface area (Å²) in [6.45, 7) is 50.8. The summed E-state index contributed by atoms with van der Waals surface area (Å²) in [7, 11) is 4.67. The largest absolute Gasteiger partial charge is 0.349 e. The van der Waals surface area contributed by atoms with Crippen molar-refractivity contribution < 1.29 is 0 Å². The summed E-state index contributed by atoms with van der Waals surface area (Å²) in [4.78, 5) is 27.2. The second-order valence-corrected chi connectivity index (χ2v) is 28.6. The number of piperidine rings is 4. The summed E-state index contributed by atoms with van der Waals surface area (Å²) < 4.78 is 0. The van der Waals surface area contributed by atoms with Gasteiger partial charge in [-0.15, -0.1) is 0 Å². The molecule has 5 N–H and O–H groups in total. The van der Waals surface area contributed by atoms with Crippen molar-refractivity contribution in [2.45, 2.75) is 277 Å². The predicted octanol–water partition coefficient (Wildman–Crippen LogP) is 9.13. The van der Waals surface area contributed by atoms with Crippen molar-refractivity contribution in [2.24, 2.45) is 5.41 Å². The van der Waals surface area contributed by atoms with Crippen molar-refractivity contribution in [3.8, 4) is 0 Å². The summed E-state index contributed by atoms with van der Waals surface area (Å²) in [6, 6.07) is 1.21. The first-order valence-electron chi connectivity index (χ1n) is 24.8. The highest BCUT2D eigenvalue weighted by Crippen LogP contribution is 2.39. The minimum absolute atomic E-state index is 0.0298. The van der Waals surface area contributed by atoms with Crippen LogP contribution in [0.15, 0.2) is 0 Å². The monoisotopic (exact) mass is 881 g/mol. The quantitative estimate of drug-likeness (QED) is 0.122. The molecule has 12 heteroatoms. The summed E-state index contributed by atoms with van der Waals surface area (Å²) in [6.07, 6.45) is 9.20. The number of hydrogen-bond donors (Lipinski definition) is 5. The molecule has 0 radical (unpaired) electrons. The Labute approximate surface area is 387 Å². The SMILES string of the molecule is CN(CN(c1nc(NC(C)(C)CC(C)(C)C)nc(N(CN(C)C2CC(C)(C)NC(C)(C)C2)C2CC(C)(C)NC(C)(C)C2)n1)C1CC(C)(C)NC(C)(C)C1)C1CC(C)(C)NC(C)(C)C1. The minimum Gasteiger partial charge on any atom is -0.349 e. The third kappa shape index (κ3) is 14.8. The Morgan fingerprint density at radius 3 is 0.952 bits per heavy atom. The highest BCUT2D eigenvalue weighted by Gasteiger charge is 2.46. The van der Waals surface area contributed by atoms with Gasteiger partial charge in [0, 0.05) is 74.0 Å². The number of anilines is 3. The molecule has 0 bridgehead atoms. The van der Waals surface area contributed by atoms with E-state index in [-0.39, 0.29) is 67.3 Å². The van der Waals surface area contributed by atoms with Crippen LogP contribution in [0.25, 0.3) is 0 Å². The molecule has 1 aromatic heterocycles. The van der Waals surface area contributed by atoms with E-state index in [1.807, 2.05) is 0 Å². The van der Waals surface area contributed by atoms with Gasteiger partial charge in [0.1, 0.15) is 0 Å². The second-order valence-electron chi connectivity index (χ2n) is 28.6. The van der Waals surface area contributed by atoms with Crippen molar-refractivity contribution in [3.05, 3.63) is 0 Å². The van der Waals surface area contributed by atoms with Crippen LogP contribution in [0.3, 0.4) is 0 Å². The van der Waals surface area contributed by atoms with Crippen molar-refractivity contribution >= 4 is 17.8 Å². The minimum atomic E-state index is -0.257. The maximum Gasteiger partial charge on any atom is 0.233 e. The Kier molecular flexibility index (Phi) is 14.4. The van der Waals surface area contributed by atoms with E-state index in [1.54, 1.807) is 0 Å². The second kappa shape index (κ2) is 17.4. The van der Waals surface area contributed by atoms with Gasteiger partial charge in [0.25, 0.3) is 0 Å². The van der Waals surface area contributed by atoms with E-state index < -0.39 is 0 Å². The zero-order valence-corrected chi connectivity index (χ0v) is 45.2. The average molecular weight is 881 g/mol. The number of nitrogens with one attached hydrogen (secondary N) is 5. The topological polar surface area (TPSA) is 112 Å². The Morgan fingerprint density at radius 1 is 0.444 bits per heavy atom. The number of hydrogen-bond acceptors (Lipinski definition) is 12. The van der Waals surface area contributed by atoms with E-state index >= 15 is 0 Å². The van der Waals surface area contributed by atoms with Crippen LogP contribution >= 0.6 is 0 Å². The van der Waals surface area contributed by atoms with Gasteiger partial charge in [-0.3, -0.25) is 9.80 Å². The number of nitrogens with zero attached hydrogens (tertiary/aromatic N) is 7. The van der Waals surface area contributed by atoms with Gasteiger partial charge in [0.2, 0.25) is 17.8 Å². The molecule has 5 rings (SSSR count). The standard InChI is InChI=1S/C51H100N12/c1-42(2,3)32-51(20,21)55-39-52-40(62(37-28-47(12,13)58-48(14,15)29-37)33-60(22)35-24-43(4,5)56-44(6,7)25-35)54-41(53-39)63(38-30-49(16,17)59-50(18,19)31-38)34-61(23)36-26-45(8,9)57-46(10,11)27-36/h35-38,56-59H,24-34H2,1-23H3,(H,52,53,54,55). The van der Waals surface area contributed by atoms with Crippen LogP contribution in [0.4, 0.5) is 17.8 Å². The lowest BCUT2D eigenvalue weighted by Gasteiger charge is -2.53. The van der Waals surface area contributed by atoms with Crippen LogP contribution in [-0.4, -0.2) is 126 Å². The summed E-state index contributed by atoms with van der Waals surface area (Å²) in [5.41, 5.74) is -0.280. The lowest BCUT2D eigenvalue weighted by atomic mass is 9.78. The van der Waals surface area contributed by atoms with Crippen molar-refractivity contribution in [3.63, 3.8) is 0 Å². The number of aromatic nitrogens is 3. The van der Waals surface area contributed by atoms with E-state index in [1.165, 1.54) is 0 Å². The Balaban J connectivity index is 1.70. The molecule has 0 amide bonds. The zero-order valence-electron chi connectivity index (χ0n) is 45.2. The van der Waals surface area contributed by atoms with E-state index in [0.29, 0.717) is 18.0 Å². The van der Waals surface area contributed by atoms with Gasteiger partial charge in [-0.2, -0.15) is 15.0 Å². The highest BCUT2D eigenvalue weighted by atomic mass is 15.5. The fourth-order valence-corrected chi connectivity index (χ4v) is 13.9. The zero-order chi connectivity index (χ0) is 47.8. The molecule has 0 unspecified atom stereocenters. The Hall–Kier alpha value is -1.83. The van der Waals surface area contributed by atoms with Gasteiger partial charge in [0.05, 0.1) is 13.3 Å². The van der Waals surface area contributed by atoms with Crippen LogP contribution in [0.1, 0.15) is 203 Å². The van der Waals surface area contributed by atoms with Crippen molar-refractivity contribution in [1.82, 2.24) is 46.0 Å². The van der Waals surface area contributed by atoms with Gasteiger partial charge in [-0.05, 0) is 202 Å². The van der Waals surface area contributed by atoms with Crippen molar-refractivity contribution in [2.75, 3.05) is 42.5 Å². The molecule has 0 spiro atoms. The third-order valence-electron chi connectivity index (χ3n) is 14.1. The first-order valence-corrected chi connectivity index (χ1v) is 24.8. The maximum atomic E-state index is 5.76. The van der Waals surface area contributed by atoms with Crippen LogP contribution in [0.5, 0.6) is 0 Å². The van der Waals surface area contributed by atoms with Crippen LogP contribution < -0.4 is 36.4 Å². The number of rotatable bonds is 13. The molecule has 4 saturated heterocycles. The molecule has 0 aromatic carbocycles. The molecule has 63 heavy (non-hydrogen) atoms. The molecule has 0 aliphatic carbocycles. The molecule has 4 fully saturated rings. The average Bonchev–Trinajstić information content (AvgIpc) is 2.98. The molecule has 0 atom stereocenters. The normalized spacial score (nSPS) is 26.2. The summed E-state index contributed by atoms with van der Waals surface area (Å²) >= 11 is 0. The summed E-state index contributed by atoms with van der Waals surface area (Å²) in [5, 5.41) is 19.8. The van der Waals surface area contributed by atoms with E-state index in [0.717, 1.165) is 83.0 Å². The van der Waals surface area contributed by atoms with Crippen LogP contribution in [-0.2, 0) is 0 Å². The predicted molar refractivity (Wildman–Crippen MR) is 269 cm³/mol. The van der Waals surface area contributed by atoms with Gasteiger partial charge in [-0.25, -0.2) is 0 Å². The molecule has 5 heterocycles. The van der Waals surface area contributed by atoms with Gasteiger partial charge >= 0.3 is 0 Å². The lowest BCUT2D eigenvalue weighted by molar-refractivity contribution is 0.0756. The van der Waals surface area contributed by atoms with E-state index in [4.69, 9.17) is 15.0 Å². The Bertz CT molecular complexity index is 1550. The lowest BCUT2D eigenvalue weighted by Crippen LogP contribution is -2.65. The molecule has 4 aliphatic heterocycles. The molecular weight excluding hydrogens is 781 g/mol. The molecule has 1 aromatic rings. The van der Waals surface area contributed by atoms with Gasteiger partial charge < -0.3 is 36.4 Å². The van der Waals surface area contributed by atoms with Gasteiger partial charge in [0.15, 0.2) is 0 Å². The molecule has 12 nitrogen and oxygen atoms in total. The van der Waals surface area contributed by atoms with Crippen molar-refractivity contribution in [1.29, 1.82) is 0 Å². The third-order valence-corrected chi connectivity index (χ3v) is 14.1. The van der Waals surface area contributed by atoms with Gasteiger partial charge in [-0.1, -0.05) is 20.8 Å². The fraction of sp³-hybridized carbons (Fsp3) is 0.941. The first kappa shape index (κ1) is 52.1.